The zero-order valence-corrected chi connectivity index (χ0v) is 22.2. The molecular formula is C31H23N5O6. The summed E-state index contributed by atoms with van der Waals surface area (Å²) in [5, 5.41) is 26.2. The predicted molar refractivity (Wildman–Crippen MR) is 157 cm³/mol. The SMILES string of the molecule is Cc1ccc(-c2ccccc2)n1-c1ccc(C(=O)N/N=C/c2ccc(Oc3ccc([N+](=O)[O-])cc3[N+](=O)[O-])cc2)cc1. The van der Waals surface area contributed by atoms with Crippen LogP contribution in [0.4, 0.5) is 11.4 Å². The second kappa shape index (κ2) is 12.0. The van der Waals surface area contributed by atoms with E-state index in [1.54, 1.807) is 36.4 Å². The van der Waals surface area contributed by atoms with Gasteiger partial charge in [0.1, 0.15) is 5.75 Å². The van der Waals surface area contributed by atoms with E-state index in [0.717, 1.165) is 34.8 Å². The Morgan fingerprint density at radius 2 is 1.57 bits per heavy atom. The number of nitrogens with zero attached hydrogens (tertiary/aromatic N) is 4. The van der Waals surface area contributed by atoms with E-state index < -0.39 is 21.2 Å². The molecule has 5 aromatic rings. The standard InChI is InChI=1S/C31H23N5O6/c1-21-7-17-28(23-5-3-2-4-6-23)34(21)25-12-10-24(11-13-25)31(37)33-32-20-22-8-15-27(16-9-22)42-30-18-14-26(35(38)39)19-29(30)36(40)41/h2-20H,1H3,(H,33,37)/b32-20+. The molecule has 0 radical (unpaired) electrons. The Balaban J connectivity index is 1.22. The molecule has 5 rings (SSSR count). The molecule has 1 amide bonds. The predicted octanol–water partition coefficient (Wildman–Crippen LogP) is 6.83. The van der Waals surface area contributed by atoms with Gasteiger partial charge in [0.15, 0.2) is 0 Å². The summed E-state index contributed by atoms with van der Waals surface area (Å²) >= 11 is 0. The van der Waals surface area contributed by atoms with Crippen LogP contribution >= 0.6 is 0 Å². The van der Waals surface area contributed by atoms with Crippen LogP contribution in [0.15, 0.2) is 114 Å². The number of hydrogen-bond acceptors (Lipinski definition) is 7. The summed E-state index contributed by atoms with van der Waals surface area (Å²) < 4.78 is 7.68. The quantitative estimate of drug-likeness (QED) is 0.119. The van der Waals surface area contributed by atoms with Crippen molar-refractivity contribution >= 4 is 23.5 Å². The number of carbonyl (C=O) groups is 1. The van der Waals surface area contributed by atoms with Gasteiger partial charge in [-0.15, -0.1) is 0 Å². The van der Waals surface area contributed by atoms with Crippen molar-refractivity contribution in [3.8, 4) is 28.4 Å². The fourth-order valence-electron chi connectivity index (χ4n) is 4.30. The third-order valence-corrected chi connectivity index (χ3v) is 6.37. The molecule has 0 aliphatic rings. The molecular weight excluding hydrogens is 538 g/mol. The van der Waals surface area contributed by atoms with Crippen molar-refractivity contribution in [1.29, 1.82) is 0 Å². The molecule has 0 bridgehead atoms. The fraction of sp³-hybridized carbons (Fsp3) is 0.0323. The van der Waals surface area contributed by atoms with Crippen molar-refractivity contribution < 1.29 is 19.4 Å². The van der Waals surface area contributed by atoms with E-state index in [9.17, 15) is 25.0 Å². The Morgan fingerprint density at radius 3 is 2.24 bits per heavy atom. The van der Waals surface area contributed by atoms with Crippen molar-refractivity contribution in [2.75, 3.05) is 0 Å². The summed E-state index contributed by atoms with van der Waals surface area (Å²) in [6.07, 6.45) is 1.44. The number of aryl methyl sites for hydroxylation is 1. The lowest BCUT2D eigenvalue weighted by molar-refractivity contribution is -0.394. The van der Waals surface area contributed by atoms with Gasteiger partial charge in [0.2, 0.25) is 5.75 Å². The van der Waals surface area contributed by atoms with Crippen LogP contribution in [0.25, 0.3) is 16.9 Å². The average molecular weight is 562 g/mol. The monoisotopic (exact) mass is 561 g/mol. The maximum atomic E-state index is 12.6. The fourth-order valence-corrected chi connectivity index (χ4v) is 4.30. The molecule has 1 heterocycles. The maximum absolute atomic E-state index is 12.6. The summed E-state index contributed by atoms with van der Waals surface area (Å²) in [4.78, 5) is 33.4. The molecule has 4 aromatic carbocycles. The summed E-state index contributed by atoms with van der Waals surface area (Å²) in [5.74, 6) is -0.231. The van der Waals surface area contributed by atoms with Gasteiger partial charge in [-0.3, -0.25) is 25.0 Å². The molecule has 0 fully saturated rings. The number of amides is 1. The van der Waals surface area contributed by atoms with Gasteiger partial charge in [-0.05, 0) is 84.8 Å². The summed E-state index contributed by atoms with van der Waals surface area (Å²) in [5.41, 5.74) is 6.78. The molecule has 0 atom stereocenters. The molecule has 11 nitrogen and oxygen atoms in total. The van der Waals surface area contributed by atoms with E-state index in [2.05, 4.69) is 39.4 Å². The number of hydrogen-bond donors (Lipinski definition) is 1. The smallest absolute Gasteiger partial charge is 0.318 e. The van der Waals surface area contributed by atoms with Crippen LogP contribution in [0.3, 0.4) is 0 Å². The molecule has 1 aromatic heterocycles. The molecule has 11 heteroatoms. The van der Waals surface area contributed by atoms with Crippen LogP contribution in [-0.2, 0) is 0 Å². The van der Waals surface area contributed by atoms with Gasteiger partial charge >= 0.3 is 5.69 Å². The van der Waals surface area contributed by atoms with Crippen molar-refractivity contribution in [1.82, 2.24) is 9.99 Å². The van der Waals surface area contributed by atoms with Crippen LogP contribution < -0.4 is 10.2 Å². The number of nitro groups is 2. The Bertz CT molecular complexity index is 1800. The first-order chi connectivity index (χ1) is 20.3. The third kappa shape index (κ3) is 6.05. The zero-order chi connectivity index (χ0) is 29.6. The number of hydrazone groups is 1. The molecule has 1 N–H and O–H groups in total. The largest absolute Gasteiger partial charge is 0.450 e. The van der Waals surface area contributed by atoms with E-state index in [1.807, 2.05) is 37.3 Å². The third-order valence-electron chi connectivity index (χ3n) is 6.37. The van der Waals surface area contributed by atoms with Crippen LogP contribution in [0.1, 0.15) is 21.6 Å². The number of rotatable bonds is 9. The number of aromatic nitrogens is 1. The summed E-state index contributed by atoms with van der Waals surface area (Å²) in [6.45, 7) is 2.03. The van der Waals surface area contributed by atoms with Crippen molar-refractivity contribution in [3.05, 3.63) is 146 Å². The number of benzene rings is 4. The van der Waals surface area contributed by atoms with Gasteiger partial charge in [-0.1, -0.05) is 30.3 Å². The highest BCUT2D eigenvalue weighted by Crippen LogP contribution is 2.34. The minimum absolute atomic E-state index is 0.131. The molecule has 0 aliphatic heterocycles. The minimum Gasteiger partial charge on any atom is -0.450 e. The van der Waals surface area contributed by atoms with Gasteiger partial charge in [-0.25, -0.2) is 5.43 Å². The van der Waals surface area contributed by atoms with Crippen molar-refractivity contribution in [2.24, 2.45) is 5.10 Å². The lowest BCUT2D eigenvalue weighted by atomic mass is 10.1. The molecule has 42 heavy (non-hydrogen) atoms. The maximum Gasteiger partial charge on any atom is 0.318 e. The molecule has 0 saturated heterocycles. The average Bonchev–Trinajstić information content (AvgIpc) is 3.39. The summed E-state index contributed by atoms with van der Waals surface area (Å²) in [7, 11) is 0. The van der Waals surface area contributed by atoms with E-state index in [4.69, 9.17) is 4.74 Å². The Hall–Kier alpha value is -6.10. The Labute approximate surface area is 239 Å². The number of carbonyl (C=O) groups excluding carboxylic acids is 1. The first-order valence-corrected chi connectivity index (χ1v) is 12.7. The summed E-state index contributed by atoms with van der Waals surface area (Å²) in [6, 6.07) is 31.0. The highest BCUT2D eigenvalue weighted by atomic mass is 16.6. The number of nitro benzene ring substituents is 2. The first kappa shape index (κ1) is 27.5. The zero-order valence-electron chi connectivity index (χ0n) is 22.2. The lowest BCUT2D eigenvalue weighted by Crippen LogP contribution is -2.17. The van der Waals surface area contributed by atoms with E-state index >= 15 is 0 Å². The van der Waals surface area contributed by atoms with Crippen molar-refractivity contribution in [3.63, 3.8) is 0 Å². The highest BCUT2D eigenvalue weighted by Gasteiger charge is 2.21. The normalized spacial score (nSPS) is 10.9. The van der Waals surface area contributed by atoms with Gasteiger partial charge in [-0.2, -0.15) is 5.10 Å². The van der Waals surface area contributed by atoms with Gasteiger partial charge in [0.25, 0.3) is 11.6 Å². The van der Waals surface area contributed by atoms with E-state index in [0.29, 0.717) is 11.1 Å². The Kier molecular flexibility index (Phi) is 7.82. The van der Waals surface area contributed by atoms with E-state index in [1.165, 1.54) is 12.3 Å². The van der Waals surface area contributed by atoms with Crippen LogP contribution in [0.5, 0.6) is 11.5 Å². The molecule has 0 saturated carbocycles. The van der Waals surface area contributed by atoms with Gasteiger partial charge in [0, 0.05) is 23.0 Å². The Morgan fingerprint density at radius 1 is 0.857 bits per heavy atom. The van der Waals surface area contributed by atoms with Crippen LogP contribution in [0.2, 0.25) is 0 Å². The van der Waals surface area contributed by atoms with Gasteiger partial charge in [0.05, 0.1) is 27.8 Å². The highest BCUT2D eigenvalue weighted by molar-refractivity contribution is 5.95. The number of ether oxygens (including phenoxy) is 1. The second-order valence-electron chi connectivity index (χ2n) is 9.14. The van der Waals surface area contributed by atoms with E-state index in [-0.39, 0.29) is 17.4 Å². The van der Waals surface area contributed by atoms with Gasteiger partial charge < -0.3 is 9.30 Å². The second-order valence-corrected chi connectivity index (χ2v) is 9.14. The molecule has 208 valence electrons. The van der Waals surface area contributed by atoms with Crippen LogP contribution in [-0.4, -0.2) is 26.5 Å². The number of nitrogens with one attached hydrogen (secondary N) is 1. The minimum atomic E-state index is -0.747. The molecule has 0 unspecified atom stereocenters. The topological polar surface area (TPSA) is 142 Å². The van der Waals surface area contributed by atoms with Crippen LogP contribution in [0, 0.1) is 27.2 Å². The lowest BCUT2D eigenvalue weighted by Gasteiger charge is -2.12. The number of non-ortho nitro benzene ring substituents is 1. The van der Waals surface area contributed by atoms with Crippen molar-refractivity contribution in [2.45, 2.75) is 6.92 Å². The first-order valence-electron chi connectivity index (χ1n) is 12.7. The molecule has 0 spiro atoms. The molecule has 0 aliphatic carbocycles.